The average molecular weight is 261 g/mol. The van der Waals surface area contributed by atoms with E-state index in [0.717, 1.165) is 10.7 Å². The van der Waals surface area contributed by atoms with Gasteiger partial charge >= 0.3 is 0 Å². The minimum atomic E-state index is 0.0673. The number of benzene rings is 1. The molecule has 0 spiro atoms. The molecule has 1 heterocycles. The SMILES string of the molecule is C=C(NC1NC=C(N)S1)c1ccccc1C(C)C. The summed E-state index contributed by atoms with van der Waals surface area (Å²) in [4.78, 5) is 0. The smallest absolute Gasteiger partial charge is 0.151 e. The quantitative estimate of drug-likeness (QED) is 0.780. The van der Waals surface area contributed by atoms with E-state index in [-0.39, 0.29) is 5.50 Å². The van der Waals surface area contributed by atoms with Gasteiger partial charge < -0.3 is 16.4 Å². The third-order valence-corrected chi connectivity index (χ3v) is 3.72. The summed E-state index contributed by atoms with van der Waals surface area (Å²) in [7, 11) is 0. The highest BCUT2D eigenvalue weighted by Crippen LogP contribution is 2.26. The molecule has 0 fully saturated rings. The van der Waals surface area contributed by atoms with E-state index in [2.05, 4.69) is 49.3 Å². The van der Waals surface area contributed by atoms with E-state index in [1.165, 1.54) is 11.1 Å². The van der Waals surface area contributed by atoms with E-state index >= 15 is 0 Å². The maximum Gasteiger partial charge on any atom is 0.151 e. The number of nitrogens with one attached hydrogen (secondary N) is 2. The van der Waals surface area contributed by atoms with Crippen molar-refractivity contribution in [2.45, 2.75) is 25.3 Å². The van der Waals surface area contributed by atoms with Crippen molar-refractivity contribution in [1.82, 2.24) is 10.6 Å². The maximum atomic E-state index is 5.71. The summed E-state index contributed by atoms with van der Waals surface area (Å²) >= 11 is 1.56. The Morgan fingerprint density at radius 2 is 2.17 bits per heavy atom. The Hall–Kier alpha value is -1.55. The highest BCUT2D eigenvalue weighted by Gasteiger charge is 2.17. The van der Waals surface area contributed by atoms with Gasteiger partial charge in [-0.15, -0.1) is 0 Å². The molecule has 1 atom stereocenters. The summed E-state index contributed by atoms with van der Waals surface area (Å²) in [6, 6.07) is 8.35. The second-order valence-electron chi connectivity index (χ2n) is 4.58. The topological polar surface area (TPSA) is 50.1 Å². The fourth-order valence-electron chi connectivity index (χ4n) is 1.94. The molecule has 0 bridgehead atoms. The molecular weight excluding hydrogens is 242 g/mol. The number of hydrogen-bond acceptors (Lipinski definition) is 4. The lowest BCUT2D eigenvalue weighted by Gasteiger charge is -2.20. The van der Waals surface area contributed by atoms with Crippen LogP contribution in [0.1, 0.15) is 30.9 Å². The third-order valence-electron chi connectivity index (χ3n) is 2.84. The molecule has 0 saturated heterocycles. The first-order valence-electron chi connectivity index (χ1n) is 6.01. The average Bonchev–Trinajstić information content (AvgIpc) is 2.74. The van der Waals surface area contributed by atoms with Crippen molar-refractivity contribution in [3.63, 3.8) is 0 Å². The molecule has 4 N–H and O–H groups in total. The fraction of sp³-hybridized carbons (Fsp3) is 0.286. The molecule has 1 aliphatic heterocycles. The van der Waals surface area contributed by atoms with E-state index in [4.69, 9.17) is 5.73 Å². The largest absolute Gasteiger partial charge is 0.392 e. The highest BCUT2D eigenvalue weighted by atomic mass is 32.2. The van der Waals surface area contributed by atoms with Crippen LogP contribution in [-0.2, 0) is 0 Å². The van der Waals surface area contributed by atoms with Gasteiger partial charge in [-0.1, -0.05) is 56.5 Å². The lowest BCUT2D eigenvalue weighted by molar-refractivity contribution is 0.735. The van der Waals surface area contributed by atoms with Crippen LogP contribution in [-0.4, -0.2) is 5.50 Å². The molecule has 1 aromatic carbocycles. The van der Waals surface area contributed by atoms with Crippen molar-refractivity contribution in [3.8, 4) is 0 Å². The van der Waals surface area contributed by atoms with Crippen LogP contribution in [0.3, 0.4) is 0 Å². The van der Waals surface area contributed by atoms with Gasteiger partial charge in [0.25, 0.3) is 0 Å². The fourth-order valence-corrected chi connectivity index (χ4v) is 2.69. The molecule has 0 aromatic heterocycles. The molecule has 96 valence electrons. The molecule has 1 aromatic rings. The number of thioether (sulfide) groups is 1. The van der Waals surface area contributed by atoms with E-state index < -0.39 is 0 Å². The van der Waals surface area contributed by atoms with Crippen LogP contribution in [0.25, 0.3) is 5.70 Å². The first-order valence-corrected chi connectivity index (χ1v) is 6.89. The van der Waals surface area contributed by atoms with E-state index in [0.29, 0.717) is 5.92 Å². The van der Waals surface area contributed by atoms with Gasteiger partial charge in [0.15, 0.2) is 5.50 Å². The number of nitrogens with two attached hydrogens (primary N) is 1. The molecule has 2 rings (SSSR count). The first kappa shape index (κ1) is 12.9. The van der Waals surface area contributed by atoms with Crippen LogP contribution in [0.4, 0.5) is 0 Å². The molecule has 18 heavy (non-hydrogen) atoms. The Morgan fingerprint density at radius 1 is 1.44 bits per heavy atom. The summed E-state index contributed by atoms with van der Waals surface area (Å²) in [6.07, 6.45) is 1.81. The maximum absolute atomic E-state index is 5.71. The van der Waals surface area contributed by atoms with Crippen LogP contribution in [0.5, 0.6) is 0 Å². The molecule has 1 unspecified atom stereocenters. The Morgan fingerprint density at radius 3 is 2.78 bits per heavy atom. The standard InChI is InChI=1S/C14H19N3S/c1-9(2)11-6-4-5-7-12(11)10(3)17-14-16-8-13(15)18-14/h4-9,14,16-17H,3,15H2,1-2H3. The number of hydrogen-bond donors (Lipinski definition) is 3. The molecule has 0 amide bonds. The summed E-state index contributed by atoms with van der Waals surface area (Å²) in [5, 5.41) is 7.30. The Kier molecular flexibility index (Phi) is 3.87. The Bertz CT molecular complexity index is 480. The van der Waals surface area contributed by atoms with Gasteiger partial charge in [0, 0.05) is 17.5 Å². The van der Waals surface area contributed by atoms with Crippen LogP contribution >= 0.6 is 11.8 Å². The van der Waals surface area contributed by atoms with Crippen molar-refractivity contribution in [3.05, 3.63) is 53.2 Å². The normalized spacial score (nSPS) is 18.4. The van der Waals surface area contributed by atoms with Gasteiger partial charge in [0.2, 0.25) is 0 Å². The van der Waals surface area contributed by atoms with Gasteiger partial charge in [0.05, 0.1) is 5.03 Å². The van der Waals surface area contributed by atoms with Crippen LogP contribution < -0.4 is 16.4 Å². The van der Waals surface area contributed by atoms with Crippen LogP contribution in [0, 0.1) is 0 Å². The zero-order chi connectivity index (χ0) is 13.1. The van der Waals surface area contributed by atoms with E-state index in [1.807, 2.05) is 12.3 Å². The van der Waals surface area contributed by atoms with Gasteiger partial charge in [-0.2, -0.15) is 0 Å². The van der Waals surface area contributed by atoms with Gasteiger partial charge in [-0.25, -0.2) is 0 Å². The van der Waals surface area contributed by atoms with E-state index in [9.17, 15) is 0 Å². The number of rotatable bonds is 4. The van der Waals surface area contributed by atoms with Gasteiger partial charge in [-0.3, -0.25) is 0 Å². The second-order valence-corrected chi connectivity index (χ2v) is 5.75. The predicted octanol–water partition coefficient (Wildman–Crippen LogP) is 2.75. The molecular formula is C14H19N3S. The monoisotopic (exact) mass is 261 g/mol. The van der Waals surface area contributed by atoms with Gasteiger partial charge in [-0.05, 0) is 11.5 Å². The Balaban J connectivity index is 2.10. The predicted molar refractivity (Wildman–Crippen MR) is 79.5 cm³/mol. The van der Waals surface area contributed by atoms with Crippen molar-refractivity contribution >= 4 is 17.5 Å². The summed E-state index contributed by atoms with van der Waals surface area (Å²) in [5.74, 6) is 0.479. The summed E-state index contributed by atoms with van der Waals surface area (Å²) in [5.41, 5.74) is 9.17. The minimum absolute atomic E-state index is 0.0673. The molecule has 0 radical (unpaired) electrons. The summed E-state index contributed by atoms with van der Waals surface area (Å²) < 4.78 is 0. The minimum Gasteiger partial charge on any atom is -0.392 e. The molecule has 3 nitrogen and oxygen atoms in total. The lowest BCUT2D eigenvalue weighted by atomic mass is 9.96. The van der Waals surface area contributed by atoms with Crippen molar-refractivity contribution in [2.75, 3.05) is 0 Å². The molecule has 4 heteroatoms. The zero-order valence-electron chi connectivity index (χ0n) is 10.7. The van der Waals surface area contributed by atoms with Gasteiger partial charge in [0.1, 0.15) is 0 Å². The molecule has 0 aliphatic carbocycles. The van der Waals surface area contributed by atoms with Crippen molar-refractivity contribution in [1.29, 1.82) is 0 Å². The van der Waals surface area contributed by atoms with Crippen LogP contribution in [0.15, 0.2) is 42.1 Å². The first-order chi connectivity index (χ1) is 8.58. The van der Waals surface area contributed by atoms with Crippen molar-refractivity contribution < 1.29 is 0 Å². The molecule has 1 aliphatic rings. The van der Waals surface area contributed by atoms with Crippen molar-refractivity contribution in [2.24, 2.45) is 5.73 Å². The molecule has 0 saturated carbocycles. The van der Waals surface area contributed by atoms with Crippen LogP contribution in [0.2, 0.25) is 0 Å². The zero-order valence-corrected chi connectivity index (χ0v) is 11.6. The third kappa shape index (κ3) is 2.82. The summed E-state index contributed by atoms with van der Waals surface area (Å²) in [6.45, 7) is 8.51. The highest BCUT2D eigenvalue weighted by molar-refractivity contribution is 8.03. The van der Waals surface area contributed by atoms with E-state index in [1.54, 1.807) is 11.8 Å². The Labute approximate surface area is 113 Å². The lowest BCUT2D eigenvalue weighted by Crippen LogP contribution is -2.32. The second kappa shape index (κ2) is 5.40.